The van der Waals surface area contributed by atoms with E-state index in [1.165, 1.54) is 6.26 Å². The van der Waals surface area contributed by atoms with Gasteiger partial charge in [0.1, 0.15) is 0 Å². The molecule has 0 aliphatic rings. The Labute approximate surface area is 91.8 Å². The van der Waals surface area contributed by atoms with Gasteiger partial charge < -0.3 is 13.6 Å². The fraction of sp³-hybridized carbons (Fsp3) is 0.500. The largest absolute Gasteiger partial charge is 0.432 e. The van der Waals surface area contributed by atoms with Crippen LogP contribution in [-0.2, 0) is 18.4 Å². The predicted octanol–water partition coefficient (Wildman–Crippen LogP) is 1.91. The zero-order valence-electron chi connectivity index (χ0n) is 9.49. The summed E-state index contributed by atoms with van der Waals surface area (Å²) >= 11 is 0. The van der Waals surface area contributed by atoms with Gasteiger partial charge >= 0.3 is 14.5 Å². The Hall–Kier alpha value is -0.913. The molecule has 0 N–H and O–H groups in total. The highest BCUT2D eigenvalue weighted by molar-refractivity contribution is 6.71. The number of carbonyl (C=O) groups excluding carboxylic acids is 1. The Kier molecular flexibility index (Phi) is 6.94. The second-order valence-electron chi connectivity index (χ2n) is 2.83. The van der Waals surface area contributed by atoms with E-state index in [1.807, 2.05) is 20.4 Å². The van der Waals surface area contributed by atoms with Gasteiger partial charge in [0.15, 0.2) is 0 Å². The lowest BCUT2D eigenvalue weighted by Crippen LogP contribution is -2.37. The van der Waals surface area contributed by atoms with Gasteiger partial charge in [0, 0.05) is 19.3 Å². The van der Waals surface area contributed by atoms with Crippen molar-refractivity contribution < 1.29 is 18.4 Å². The minimum Gasteiger partial charge on any atom is -0.432 e. The maximum absolute atomic E-state index is 10.8. The second-order valence-corrected chi connectivity index (χ2v) is 5.77. The molecule has 0 heterocycles. The molecule has 0 atom stereocenters. The molecule has 0 fully saturated rings. The van der Waals surface area contributed by atoms with Crippen LogP contribution in [0.2, 0.25) is 6.55 Å². The molecule has 4 nitrogen and oxygen atoms in total. The van der Waals surface area contributed by atoms with E-state index >= 15 is 0 Å². The Morgan fingerprint density at radius 3 is 2.27 bits per heavy atom. The molecule has 0 aliphatic carbocycles. The lowest BCUT2D eigenvalue weighted by molar-refractivity contribution is -0.132. The van der Waals surface area contributed by atoms with E-state index in [0.29, 0.717) is 13.2 Å². The summed E-state index contributed by atoms with van der Waals surface area (Å²) in [5.41, 5.74) is 1.68. The van der Waals surface area contributed by atoms with Crippen molar-refractivity contribution in [3.05, 3.63) is 24.6 Å². The smallest absolute Gasteiger partial charge is 0.364 e. The molecule has 0 amide bonds. The molecule has 0 aliphatic heterocycles. The Bertz CT molecular complexity index is 232. The van der Waals surface area contributed by atoms with Crippen LogP contribution in [0.15, 0.2) is 24.6 Å². The number of hydrogen-bond acceptors (Lipinski definition) is 4. The van der Waals surface area contributed by atoms with Crippen molar-refractivity contribution in [2.45, 2.75) is 20.4 Å². The third-order valence-electron chi connectivity index (χ3n) is 1.58. The molecule has 0 saturated carbocycles. The van der Waals surface area contributed by atoms with Crippen molar-refractivity contribution in [1.82, 2.24) is 0 Å². The molecule has 0 radical (unpaired) electrons. The summed E-state index contributed by atoms with van der Waals surface area (Å²) in [6.45, 7) is 10.1. The topological polar surface area (TPSA) is 44.8 Å². The number of esters is 1. The van der Waals surface area contributed by atoms with Gasteiger partial charge in [-0.05, 0) is 26.1 Å². The molecular weight excluding hydrogens is 212 g/mol. The normalized spacial score (nSPS) is 11.7. The SMILES string of the molecule is C=CC(=O)OC=C[Si](C)(OCC)OCC. The summed E-state index contributed by atoms with van der Waals surface area (Å²) in [4.78, 5) is 10.8. The maximum atomic E-state index is 10.8. The van der Waals surface area contributed by atoms with Gasteiger partial charge in [-0.1, -0.05) is 6.58 Å². The highest BCUT2D eigenvalue weighted by Crippen LogP contribution is 2.08. The van der Waals surface area contributed by atoms with Crippen LogP contribution in [0.5, 0.6) is 0 Å². The fourth-order valence-electron chi connectivity index (χ4n) is 0.984. The van der Waals surface area contributed by atoms with Gasteiger partial charge in [-0.2, -0.15) is 0 Å². The van der Waals surface area contributed by atoms with E-state index in [2.05, 4.69) is 6.58 Å². The summed E-state index contributed by atoms with van der Waals surface area (Å²) in [5.74, 6) is -0.490. The second kappa shape index (κ2) is 7.39. The number of hydrogen-bond donors (Lipinski definition) is 0. The van der Waals surface area contributed by atoms with Crippen LogP contribution in [0, 0.1) is 0 Å². The van der Waals surface area contributed by atoms with E-state index in [1.54, 1.807) is 5.70 Å². The first-order valence-electron chi connectivity index (χ1n) is 4.86. The molecule has 0 aromatic rings. The Balaban J connectivity index is 4.26. The Morgan fingerprint density at radius 1 is 1.33 bits per heavy atom. The van der Waals surface area contributed by atoms with Gasteiger partial charge in [-0.3, -0.25) is 0 Å². The van der Waals surface area contributed by atoms with Crippen LogP contribution in [0.25, 0.3) is 0 Å². The number of carbonyl (C=O) groups is 1. The highest BCUT2D eigenvalue weighted by Gasteiger charge is 2.27. The molecule has 86 valence electrons. The standard InChI is InChI=1S/C10H18O4Si/c1-5-10(11)12-8-9-15(4,13-6-2)14-7-3/h5,8-9H,1,6-7H2,2-4H3. The molecule has 0 aromatic carbocycles. The summed E-state index contributed by atoms with van der Waals surface area (Å²) < 4.78 is 15.7. The molecule has 5 heteroatoms. The Morgan fingerprint density at radius 2 is 1.87 bits per heavy atom. The third-order valence-corrected chi connectivity index (χ3v) is 4.05. The molecule has 15 heavy (non-hydrogen) atoms. The average molecular weight is 230 g/mol. The molecule has 0 saturated heterocycles. The van der Waals surface area contributed by atoms with Gasteiger partial charge in [-0.15, -0.1) is 0 Å². The zero-order chi connectivity index (χ0) is 11.7. The molecular formula is C10H18O4Si. The molecule has 0 spiro atoms. The van der Waals surface area contributed by atoms with Gasteiger partial charge in [-0.25, -0.2) is 4.79 Å². The van der Waals surface area contributed by atoms with Crippen molar-refractivity contribution in [2.24, 2.45) is 0 Å². The minimum absolute atomic E-state index is 0.490. The first-order chi connectivity index (χ1) is 7.08. The van der Waals surface area contributed by atoms with Crippen LogP contribution < -0.4 is 0 Å². The van der Waals surface area contributed by atoms with Crippen LogP contribution in [0.3, 0.4) is 0 Å². The van der Waals surface area contributed by atoms with Crippen LogP contribution in [0.1, 0.15) is 13.8 Å². The summed E-state index contributed by atoms with van der Waals surface area (Å²) in [6.07, 6.45) is 2.41. The van der Waals surface area contributed by atoms with Crippen LogP contribution >= 0.6 is 0 Å². The lowest BCUT2D eigenvalue weighted by Gasteiger charge is -2.21. The summed E-state index contributed by atoms with van der Waals surface area (Å²) in [6, 6.07) is 0. The maximum Gasteiger partial charge on any atom is 0.364 e. The van der Waals surface area contributed by atoms with Crippen molar-refractivity contribution in [3.63, 3.8) is 0 Å². The van der Waals surface area contributed by atoms with E-state index in [-0.39, 0.29) is 0 Å². The van der Waals surface area contributed by atoms with Crippen molar-refractivity contribution >= 4 is 14.5 Å². The number of ether oxygens (including phenoxy) is 1. The average Bonchev–Trinajstić information content (AvgIpc) is 2.18. The molecule has 0 bridgehead atoms. The molecule has 0 rings (SSSR count). The van der Waals surface area contributed by atoms with Gasteiger partial charge in [0.2, 0.25) is 0 Å². The van der Waals surface area contributed by atoms with Crippen molar-refractivity contribution in [3.8, 4) is 0 Å². The van der Waals surface area contributed by atoms with Crippen molar-refractivity contribution in [2.75, 3.05) is 13.2 Å². The van der Waals surface area contributed by atoms with E-state index < -0.39 is 14.5 Å². The summed E-state index contributed by atoms with van der Waals surface area (Å²) in [7, 11) is -2.32. The summed E-state index contributed by atoms with van der Waals surface area (Å²) in [5, 5.41) is 0. The van der Waals surface area contributed by atoms with E-state index in [0.717, 1.165) is 6.08 Å². The fourth-order valence-corrected chi connectivity index (χ4v) is 2.72. The minimum atomic E-state index is -2.32. The quantitative estimate of drug-likeness (QED) is 0.290. The zero-order valence-corrected chi connectivity index (χ0v) is 10.5. The predicted molar refractivity (Wildman–Crippen MR) is 60.3 cm³/mol. The van der Waals surface area contributed by atoms with E-state index in [4.69, 9.17) is 13.6 Å². The van der Waals surface area contributed by atoms with Gasteiger partial charge in [0.05, 0.1) is 6.26 Å². The molecule has 0 aromatic heterocycles. The monoisotopic (exact) mass is 230 g/mol. The molecule has 0 unspecified atom stereocenters. The van der Waals surface area contributed by atoms with Crippen LogP contribution in [0.4, 0.5) is 0 Å². The van der Waals surface area contributed by atoms with Crippen LogP contribution in [-0.4, -0.2) is 27.7 Å². The lowest BCUT2D eigenvalue weighted by atomic mass is 10.7. The first kappa shape index (κ1) is 14.1. The van der Waals surface area contributed by atoms with Crippen molar-refractivity contribution in [1.29, 1.82) is 0 Å². The highest BCUT2D eigenvalue weighted by atomic mass is 28.4. The van der Waals surface area contributed by atoms with Gasteiger partial charge in [0.25, 0.3) is 0 Å². The third kappa shape index (κ3) is 6.22. The number of rotatable bonds is 7. The van der Waals surface area contributed by atoms with E-state index in [9.17, 15) is 4.79 Å². The first-order valence-corrected chi connectivity index (χ1v) is 7.26.